The van der Waals surface area contributed by atoms with Gasteiger partial charge in [-0.2, -0.15) is 0 Å². The molecule has 8 nitrogen and oxygen atoms in total. The van der Waals surface area contributed by atoms with Gasteiger partial charge in [0.25, 0.3) is 17.7 Å². The highest BCUT2D eigenvalue weighted by Crippen LogP contribution is 2.29. The molecule has 2 aromatic carbocycles. The zero-order valence-corrected chi connectivity index (χ0v) is 18.9. The third-order valence-corrected chi connectivity index (χ3v) is 5.79. The van der Waals surface area contributed by atoms with Crippen molar-refractivity contribution in [2.24, 2.45) is 0 Å². The summed E-state index contributed by atoms with van der Waals surface area (Å²) < 4.78 is 16.6. The third-order valence-electron chi connectivity index (χ3n) is 5.79. The van der Waals surface area contributed by atoms with Gasteiger partial charge in [-0.3, -0.25) is 19.3 Å². The number of imide groups is 1. The first-order valence-electron chi connectivity index (χ1n) is 11.2. The highest BCUT2D eigenvalue weighted by molar-refractivity contribution is 6.22. The topological polar surface area (TPSA) is 94.2 Å². The minimum Gasteiger partial charge on any atom is -0.493 e. The number of amides is 3. The Kier molecular flexibility index (Phi) is 6.93. The lowest BCUT2D eigenvalue weighted by Crippen LogP contribution is -2.36. The number of rotatable bonds is 9. The first kappa shape index (κ1) is 22.8. The van der Waals surface area contributed by atoms with E-state index in [0.29, 0.717) is 35.8 Å². The van der Waals surface area contributed by atoms with Crippen molar-refractivity contribution in [3.63, 3.8) is 0 Å². The smallest absolute Gasteiger partial charge is 0.261 e. The van der Waals surface area contributed by atoms with E-state index >= 15 is 0 Å². The molecule has 0 saturated carbocycles. The van der Waals surface area contributed by atoms with Crippen LogP contribution in [0.4, 0.5) is 0 Å². The molecule has 4 rings (SSSR count). The van der Waals surface area contributed by atoms with Crippen molar-refractivity contribution in [1.82, 2.24) is 10.2 Å². The van der Waals surface area contributed by atoms with Gasteiger partial charge < -0.3 is 19.5 Å². The molecule has 0 aliphatic carbocycles. The molecule has 2 aliphatic rings. The van der Waals surface area contributed by atoms with Gasteiger partial charge in [-0.15, -0.1) is 0 Å². The fraction of sp³-hybridized carbons (Fsp3) is 0.400. The number of hydrogen-bond donors (Lipinski definition) is 1. The molecule has 33 heavy (non-hydrogen) atoms. The number of carbonyl (C=O) groups excluding carboxylic acids is 3. The number of carbonyl (C=O) groups is 3. The molecule has 0 radical (unpaired) electrons. The van der Waals surface area contributed by atoms with Gasteiger partial charge in [-0.25, -0.2) is 0 Å². The van der Waals surface area contributed by atoms with Crippen molar-refractivity contribution in [2.75, 3.05) is 26.9 Å². The Morgan fingerprint density at radius 3 is 2.67 bits per heavy atom. The maximum Gasteiger partial charge on any atom is 0.261 e. The maximum atomic E-state index is 12.8. The summed E-state index contributed by atoms with van der Waals surface area (Å²) in [6, 6.07) is 10.1. The summed E-state index contributed by atoms with van der Waals surface area (Å²) in [5.74, 6) is 0.204. The van der Waals surface area contributed by atoms with E-state index in [1.807, 2.05) is 25.1 Å². The SMILES string of the molecule is CCCOc1ccc(CNC(=O)c2ccc3c(c2)C(=O)N(CC2CCCO2)C3=O)cc1OC. The Labute approximate surface area is 192 Å². The number of fused-ring (bicyclic) bond motifs is 1. The van der Waals surface area contributed by atoms with Gasteiger partial charge in [0.15, 0.2) is 11.5 Å². The van der Waals surface area contributed by atoms with Crippen molar-refractivity contribution in [3.8, 4) is 11.5 Å². The van der Waals surface area contributed by atoms with Crippen LogP contribution in [0.5, 0.6) is 11.5 Å². The van der Waals surface area contributed by atoms with Crippen molar-refractivity contribution < 1.29 is 28.6 Å². The van der Waals surface area contributed by atoms with Crippen molar-refractivity contribution >= 4 is 17.7 Å². The minimum absolute atomic E-state index is 0.120. The van der Waals surface area contributed by atoms with Gasteiger partial charge in [0.2, 0.25) is 0 Å². The minimum atomic E-state index is -0.382. The Morgan fingerprint density at radius 1 is 1.12 bits per heavy atom. The second kappa shape index (κ2) is 10.0. The van der Waals surface area contributed by atoms with Gasteiger partial charge in [0.05, 0.1) is 37.5 Å². The van der Waals surface area contributed by atoms with Crippen LogP contribution in [0.1, 0.15) is 62.8 Å². The average molecular weight is 453 g/mol. The molecule has 8 heteroatoms. The molecule has 3 amide bonds. The van der Waals surface area contributed by atoms with Gasteiger partial charge >= 0.3 is 0 Å². The van der Waals surface area contributed by atoms with Crippen LogP contribution >= 0.6 is 0 Å². The molecular weight excluding hydrogens is 424 g/mol. The second-order valence-electron chi connectivity index (χ2n) is 8.13. The van der Waals surface area contributed by atoms with Crippen molar-refractivity contribution in [2.45, 2.75) is 38.8 Å². The fourth-order valence-electron chi connectivity index (χ4n) is 4.03. The van der Waals surface area contributed by atoms with Crippen LogP contribution in [0, 0.1) is 0 Å². The van der Waals surface area contributed by atoms with Crippen molar-refractivity contribution in [1.29, 1.82) is 0 Å². The molecule has 2 heterocycles. The fourth-order valence-corrected chi connectivity index (χ4v) is 4.03. The summed E-state index contributed by atoms with van der Waals surface area (Å²) in [6.45, 7) is 3.79. The molecule has 2 aromatic rings. The van der Waals surface area contributed by atoms with E-state index in [1.54, 1.807) is 19.2 Å². The molecule has 0 bridgehead atoms. The monoisotopic (exact) mass is 452 g/mol. The van der Waals surface area contributed by atoms with Crippen LogP contribution in [-0.2, 0) is 11.3 Å². The van der Waals surface area contributed by atoms with Crippen LogP contribution in [0.15, 0.2) is 36.4 Å². The van der Waals surface area contributed by atoms with Crippen LogP contribution in [0.2, 0.25) is 0 Å². The lowest BCUT2D eigenvalue weighted by molar-refractivity contribution is 0.0475. The predicted molar refractivity (Wildman–Crippen MR) is 121 cm³/mol. The zero-order valence-electron chi connectivity index (χ0n) is 18.9. The summed E-state index contributed by atoms with van der Waals surface area (Å²) in [5.41, 5.74) is 1.75. The van der Waals surface area contributed by atoms with E-state index in [4.69, 9.17) is 14.2 Å². The van der Waals surface area contributed by atoms with Crippen molar-refractivity contribution in [3.05, 3.63) is 58.7 Å². The number of ether oxygens (including phenoxy) is 3. The normalized spacial score (nSPS) is 17.3. The first-order chi connectivity index (χ1) is 16.0. The lowest BCUT2D eigenvalue weighted by Gasteiger charge is -2.17. The lowest BCUT2D eigenvalue weighted by atomic mass is 10.1. The summed E-state index contributed by atoms with van der Waals surface area (Å²) in [4.78, 5) is 39.4. The van der Waals surface area contributed by atoms with Crippen LogP contribution in [0.25, 0.3) is 0 Å². The number of nitrogens with zero attached hydrogens (tertiary/aromatic N) is 1. The Balaban J connectivity index is 1.42. The quantitative estimate of drug-likeness (QED) is 0.588. The average Bonchev–Trinajstić information content (AvgIpc) is 3.44. The number of benzene rings is 2. The molecule has 174 valence electrons. The molecule has 1 N–H and O–H groups in total. The molecule has 0 spiro atoms. The highest BCUT2D eigenvalue weighted by atomic mass is 16.5. The van der Waals surface area contributed by atoms with E-state index in [-0.39, 0.29) is 42.5 Å². The summed E-state index contributed by atoms with van der Waals surface area (Å²) in [5, 5.41) is 2.85. The van der Waals surface area contributed by atoms with Gasteiger partial charge in [0, 0.05) is 18.7 Å². The largest absolute Gasteiger partial charge is 0.493 e. The van der Waals surface area contributed by atoms with Gasteiger partial charge in [-0.1, -0.05) is 13.0 Å². The molecule has 1 atom stereocenters. The molecule has 2 aliphatic heterocycles. The molecule has 1 saturated heterocycles. The number of methoxy groups -OCH3 is 1. The molecular formula is C25H28N2O6. The third kappa shape index (κ3) is 4.85. The van der Waals surface area contributed by atoms with Crippen LogP contribution in [0.3, 0.4) is 0 Å². The molecule has 1 fully saturated rings. The summed E-state index contributed by atoms with van der Waals surface area (Å²) >= 11 is 0. The Bertz CT molecular complexity index is 1060. The maximum absolute atomic E-state index is 12.8. The Morgan fingerprint density at radius 2 is 1.94 bits per heavy atom. The zero-order chi connectivity index (χ0) is 23.4. The Hall–Kier alpha value is -3.39. The highest BCUT2D eigenvalue weighted by Gasteiger charge is 2.37. The van der Waals surface area contributed by atoms with Crippen LogP contribution in [-0.4, -0.2) is 55.6 Å². The molecule has 0 aromatic heterocycles. The summed E-state index contributed by atoms with van der Waals surface area (Å²) in [7, 11) is 1.57. The summed E-state index contributed by atoms with van der Waals surface area (Å²) in [6.07, 6.45) is 2.53. The second-order valence-corrected chi connectivity index (χ2v) is 8.13. The van der Waals surface area contributed by atoms with E-state index < -0.39 is 0 Å². The number of nitrogens with one attached hydrogen (secondary N) is 1. The van der Waals surface area contributed by atoms with E-state index in [0.717, 1.165) is 24.8 Å². The first-order valence-corrected chi connectivity index (χ1v) is 11.2. The van der Waals surface area contributed by atoms with Gasteiger partial charge in [-0.05, 0) is 55.2 Å². The van der Waals surface area contributed by atoms with E-state index in [9.17, 15) is 14.4 Å². The molecule has 1 unspecified atom stereocenters. The standard InChI is InChI=1S/C25H28N2O6/c1-3-10-33-21-9-6-16(12-22(21)31-2)14-26-23(28)17-7-8-19-20(13-17)25(30)27(24(19)29)15-18-5-4-11-32-18/h6-9,12-13,18H,3-5,10-11,14-15H2,1-2H3,(H,26,28). The van der Waals surface area contributed by atoms with E-state index in [2.05, 4.69) is 5.32 Å². The van der Waals surface area contributed by atoms with Gasteiger partial charge in [0.1, 0.15) is 0 Å². The van der Waals surface area contributed by atoms with E-state index in [1.165, 1.54) is 11.0 Å². The predicted octanol–water partition coefficient (Wildman–Crippen LogP) is 3.19. The number of hydrogen-bond acceptors (Lipinski definition) is 6. The van der Waals surface area contributed by atoms with Crippen LogP contribution < -0.4 is 14.8 Å².